The van der Waals surface area contributed by atoms with E-state index in [1.54, 1.807) is 4.57 Å². The van der Waals surface area contributed by atoms with Crippen LogP contribution >= 0.6 is 12.2 Å². The van der Waals surface area contributed by atoms with Crippen LogP contribution in [0, 0.1) is 17.1 Å². The zero-order chi connectivity index (χ0) is 15.4. The minimum absolute atomic E-state index is 0.144. The van der Waals surface area contributed by atoms with Gasteiger partial charge in [0, 0.05) is 6.20 Å². The molecular weight excluding hydrogens is 294 g/mol. The van der Waals surface area contributed by atoms with E-state index in [0.29, 0.717) is 12.8 Å². The number of carbonyl (C=O) groups is 1. The molecule has 2 rings (SSSR count). The number of aromatic amines is 1. The van der Waals surface area contributed by atoms with E-state index in [-0.39, 0.29) is 35.8 Å². The predicted molar refractivity (Wildman–Crippen MR) is 77.0 cm³/mol. The summed E-state index contributed by atoms with van der Waals surface area (Å²) in [5, 5.41) is 0. The number of nitrogens with two attached hydrogens (primary N) is 1. The molecule has 1 saturated heterocycles. The van der Waals surface area contributed by atoms with Crippen molar-refractivity contribution in [2.45, 2.75) is 25.2 Å². The number of terminal acetylenes is 1. The van der Waals surface area contributed by atoms with Crippen molar-refractivity contribution in [3.63, 3.8) is 0 Å². The number of H-pyrrole nitrogens is 1. The first kappa shape index (κ1) is 15.4. The molecule has 1 fully saturated rings. The minimum atomic E-state index is -0.475. The number of rotatable bonds is 4. The van der Waals surface area contributed by atoms with Crippen molar-refractivity contribution in [2.24, 2.45) is 5.73 Å². The lowest BCUT2D eigenvalue weighted by Gasteiger charge is -2.17. The van der Waals surface area contributed by atoms with Crippen molar-refractivity contribution >= 4 is 18.2 Å². The van der Waals surface area contributed by atoms with Gasteiger partial charge >= 0.3 is 5.97 Å². The Morgan fingerprint density at radius 3 is 3.10 bits per heavy atom. The number of hydrogen-bond donors (Lipinski definition) is 2. The fourth-order valence-corrected chi connectivity index (χ4v) is 2.32. The summed E-state index contributed by atoms with van der Waals surface area (Å²) >= 11 is 5.10. The molecule has 21 heavy (non-hydrogen) atoms. The molecule has 0 amide bonds. The van der Waals surface area contributed by atoms with Crippen molar-refractivity contribution in [3.05, 3.63) is 26.9 Å². The second-order valence-corrected chi connectivity index (χ2v) is 4.92. The average molecular weight is 309 g/mol. The molecular formula is C13H15N3O4S. The molecule has 2 atom stereocenters. The summed E-state index contributed by atoms with van der Waals surface area (Å²) in [5.74, 6) is 1.82. The average Bonchev–Trinajstić information content (AvgIpc) is 2.93. The summed E-state index contributed by atoms with van der Waals surface area (Å²) in [6.07, 6.45) is 7.57. The highest BCUT2D eigenvalue weighted by molar-refractivity contribution is 7.71. The van der Waals surface area contributed by atoms with Gasteiger partial charge in [0.15, 0.2) is 4.77 Å². The first-order valence-electron chi connectivity index (χ1n) is 6.38. The van der Waals surface area contributed by atoms with Crippen molar-refractivity contribution in [1.29, 1.82) is 0 Å². The standard InChI is InChI=1S/C13H15N3O4S/c1-2-8-6-16(13(21)15-12(8)18)10-4-3-9(20-10)7-19-11(17)5-14/h1,6,9-10H,3-5,7,14H2,(H,15,18,21). The normalized spacial score (nSPS) is 21.0. The molecule has 0 bridgehead atoms. The molecule has 0 aromatic carbocycles. The number of carbonyl (C=O) groups excluding carboxylic acids is 1. The summed E-state index contributed by atoms with van der Waals surface area (Å²) in [7, 11) is 0. The number of esters is 1. The van der Waals surface area contributed by atoms with Gasteiger partial charge < -0.3 is 15.2 Å². The Morgan fingerprint density at radius 1 is 1.67 bits per heavy atom. The first-order valence-corrected chi connectivity index (χ1v) is 6.79. The van der Waals surface area contributed by atoms with Gasteiger partial charge in [-0.3, -0.25) is 19.1 Å². The predicted octanol–water partition coefficient (Wildman–Crippen LogP) is 0.0667. The van der Waals surface area contributed by atoms with Gasteiger partial charge in [-0.05, 0) is 25.1 Å². The second kappa shape index (κ2) is 6.67. The smallest absolute Gasteiger partial charge is 0.319 e. The molecule has 1 aliphatic heterocycles. The van der Waals surface area contributed by atoms with Crippen LogP contribution in [0.5, 0.6) is 0 Å². The van der Waals surface area contributed by atoms with Crippen LogP contribution in [0.25, 0.3) is 0 Å². The quantitative estimate of drug-likeness (QED) is 0.464. The number of hydrogen-bond acceptors (Lipinski definition) is 6. The van der Waals surface area contributed by atoms with Crippen LogP contribution in [0.3, 0.4) is 0 Å². The maximum Gasteiger partial charge on any atom is 0.319 e. The Hall–Kier alpha value is -1.95. The molecule has 2 heterocycles. The van der Waals surface area contributed by atoms with E-state index < -0.39 is 11.5 Å². The van der Waals surface area contributed by atoms with Gasteiger partial charge in [0.05, 0.1) is 12.6 Å². The van der Waals surface area contributed by atoms with Crippen LogP contribution in [-0.4, -0.2) is 34.8 Å². The number of aromatic nitrogens is 2. The lowest BCUT2D eigenvalue weighted by molar-refractivity contribution is -0.146. The molecule has 0 spiro atoms. The van der Waals surface area contributed by atoms with Crippen LogP contribution in [-0.2, 0) is 14.3 Å². The molecule has 2 unspecified atom stereocenters. The molecule has 7 nitrogen and oxygen atoms in total. The summed E-state index contributed by atoms with van der Waals surface area (Å²) in [6, 6.07) is 0. The first-order chi connectivity index (χ1) is 10.0. The fourth-order valence-electron chi connectivity index (χ4n) is 2.06. The zero-order valence-electron chi connectivity index (χ0n) is 11.2. The van der Waals surface area contributed by atoms with Gasteiger partial charge in [-0.25, -0.2) is 0 Å². The highest BCUT2D eigenvalue weighted by Crippen LogP contribution is 2.28. The molecule has 0 aliphatic carbocycles. The van der Waals surface area contributed by atoms with Crippen molar-refractivity contribution in [3.8, 4) is 12.3 Å². The Labute approximate surface area is 126 Å². The van der Waals surface area contributed by atoms with Crippen molar-refractivity contribution in [2.75, 3.05) is 13.2 Å². The summed E-state index contributed by atoms with van der Waals surface area (Å²) in [6.45, 7) is -0.0160. The highest BCUT2D eigenvalue weighted by atomic mass is 32.1. The second-order valence-electron chi connectivity index (χ2n) is 4.53. The lowest BCUT2D eigenvalue weighted by Crippen LogP contribution is -2.24. The Morgan fingerprint density at radius 2 is 2.43 bits per heavy atom. The summed E-state index contributed by atoms with van der Waals surface area (Å²) < 4.78 is 12.5. The topological polar surface area (TPSA) is 99.3 Å². The summed E-state index contributed by atoms with van der Waals surface area (Å²) in [4.78, 5) is 25.0. The third-order valence-electron chi connectivity index (χ3n) is 3.12. The number of nitrogens with one attached hydrogen (secondary N) is 1. The summed E-state index contributed by atoms with van der Waals surface area (Å²) in [5.41, 5.74) is 4.94. The Bertz CT molecular complexity index is 688. The fraction of sp³-hybridized carbons (Fsp3) is 0.462. The van der Waals surface area contributed by atoms with Gasteiger partial charge in [-0.1, -0.05) is 5.92 Å². The van der Waals surface area contributed by atoms with E-state index in [1.165, 1.54) is 6.20 Å². The van der Waals surface area contributed by atoms with E-state index in [4.69, 9.17) is 33.8 Å². The van der Waals surface area contributed by atoms with Gasteiger partial charge in [0.25, 0.3) is 5.56 Å². The minimum Gasteiger partial charge on any atom is -0.462 e. The number of nitrogens with zero attached hydrogens (tertiary/aromatic N) is 1. The molecule has 8 heteroatoms. The van der Waals surface area contributed by atoms with Crippen LogP contribution in [0.2, 0.25) is 0 Å². The zero-order valence-corrected chi connectivity index (χ0v) is 12.0. The number of ether oxygens (including phenoxy) is 2. The maximum atomic E-state index is 11.5. The monoisotopic (exact) mass is 309 g/mol. The Kier molecular flexibility index (Phi) is 4.90. The van der Waals surface area contributed by atoms with Gasteiger partial charge in [0.1, 0.15) is 18.4 Å². The van der Waals surface area contributed by atoms with Crippen LogP contribution in [0.1, 0.15) is 24.6 Å². The maximum absolute atomic E-state index is 11.5. The van der Waals surface area contributed by atoms with Crippen LogP contribution in [0.4, 0.5) is 0 Å². The Balaban J connectivity index is 2.08. The third kappa shape index (κ3) is 3.58. The lowest BCUT2D eigenvalue weighted by atomic mass is 10.2. The van der Waals surface area contributed by atoms with E-state index in [0.717, 1.165) is 0 Å². The van der Waals surface area contributed by atoms with E-state index in [1.807, 2.05) is 0 Å². The SMILES string of the molecule is C#Cc1cn(C2CCC(COC(=O)CN)O2)c(=S)[nH]c1=O. The molecule has 1 aromatic rings. The molecule has 1 aromatic heterocycles. The van der Waals surface area contributed by atoms with Crippen molar-refractivity contribution in [1.82, 2.24) is 9.55 Å². The van der Waals surface area contributed by atoms with E-state index in [2.05, 4.69) is 10.9 Å². The molecule has 3 N–H and O–H groups in total. The van der Waals surface area contributed by atoms with Crippen molar-refractivity contribution < 1.29 is 14.3 Å². The van der Waals surface area contributed by atoms with Crippen LogP contribution < -0.4 is 11.3 Å². The van der Waals surface area contributed by atoms with E-state index >= 15 is 0 Å². The molecule has 0 radical (unpaired) electrons. The molecule has 0 saturated carbocycles. The van der Waals surface area contributed by atoms with Gasteiger partial charge in [-0.2, -0.15) is 0 Å². The van der Waals surface area contributed by atoms with Gasteiger partial charge in [0.2, 0.25) is 0 Å². The largest absolute Gasteiger partial charge is 0.462 e. The van der Waals surface area contributed by atoms with Crippen LogP contribution in [0.15, 0.2) is 11.0 Å². The highest BCUT2D eigenvalue weighted by Gasteiger charge is 2.28. The third-order valence-corrected chi connectivity index (χ3v) is 3.43. The molecule has 112 valence electrons. The van der Waals surface area contributed by atoms with E-state index in [9.17, 15) is 9.59 Å². The van der Waals surface area contributed by atoms with Gasteiger partial charge in [-0.15, -0.1) is 6.42 Å². The molecule has 1 aliphatic rings.